The summed E-state index contributed by atoms with van der Waals surface area (Å²) >= 11 is 0. The number of halogens is 1. The molecule has 5 rings (SSSR count). The summed E-state index contributed by atoms with van der Waals surface area (Å²) in [6.45, 7) is 7.68. The Labute approximate surface area is 256 Å². The first kappa shape index (κ1) is 30.1. The molecular formula is C34H42IN3O2. The highest BCUT2D eigenvalue weighted by molar-refractivity contribution is 5.80. The minimum Gasteiger partial charge on any atom is -1.00 e. The summed E-state index contributed by atoms with van der Waals surface area (Å²) in [5, 5.41) is 0. The number of carbonyl (C=O) groups excluding carboxylic acids is 1. The van der Waals surface area contributed by atoms with Gasteiger partial charge < -0.3 is 33.6 Å². The van der Waals surface area contributed by atoms with Gasteiger partial charge in [0.1, 0.15) is 12.6 Å². The lowest BCUT2D eigenvalue weighted by Crippen LogP contribution is -3.00. The zero-order chi connectivity index (χ0) is 27.5. The Balaban J connectivity index is 0.00000370. The van der Waals surface area contributed by atoms with E-state index >= 15 is 0 Å². The number of hydrogen-bond acceptors (Lipinski definition) is 3. The standard InChI is InChI=1S/C34H42N3O2.HI/c1-24(2)29-20-15-25(3)21-32(29)39-33(38)23-37-31-14-10-9-13-30(31)36(22-26-11-7-6-8-12-26)34(37)27-16-18-28(19-17-27)35(4)5;/h6-14,16-19,24-25,29,32H,15,20-23H2,1-5H3;1H/q+1;/p-1/t25-,29+,32?;/m1./s1. The molecule has 1 saturated carbocycles. The molecule has 1 fully saturated rings. The number of carbonyl (C=O) groups is 1. The number of nitrogens with zero attached hydrogens (tertiary/aromatic N) is 3. The Hall–Kier alpha value is -2.87. The van der Waals surface area contributed by atoms with Crippen LogP contribution in [0.4, 0.5) is 5.69 Å². The molecule has 0 radical (unpaired) electrons. The van der Waals surface area contributed by atoms with Crippen LogP contribution < -0.4 is 33.4 Å². The molecule has 0 saturated heterocycles. The Kier molecular flexibility index (Phi) is 9.93. The highest BCUT2D eigenvalue weighted by atomic mass is 127. The van der Waals surface area contributed by atoms with E-state index in [0.717, 1.165) is 41.0 Å². The van der Waals surface area contributed by atoms with Crippen LogP contribution in [-0.4, -0.2) is 30.7 Å². The van der Waals surface area contributed by atoms with Crippen LogP contribution in [0, 0.1) is 17.8 Å². The van der Waals surface area contributed by atoms with Crippen LogP contribution in [0.3, 0.4) is 0 Å². The van der Waals surface area contributed by atoms with E-state index in [0.29, 0.717) is 24.3 Å². The Morgan fingerprint density at radius 3 is 2.33 bits per heavy atom. The van der Waals surface area contributed by atoms with E-state index in [4.69, 9.17) is 4.74 Å². The summed E-state index contributed by atoms with van der Waals surface area (Å²) in [6.07, 6.45) is 3.28. The van der Waals surface area contributed by atoms with Crippen molar-refractivity contribution in [3.63, 3.8) is 0 Å². The molecule has 0 aliphatic heterocycles. The quantitative estimate of drug-likeness (QED) is 0.166. The minimum absolute atomic E-state index is 0. The smallest absolute Gasteiger partial charge is 0.348 e. The predicted octanol–water partition coefficient (Wildman–Crippen LogP) is 3.72. The summed E-state index contributed by atoms with van der Waals surface area (Å²) in [4.78, 5) is 15.7. The number of aromatic nitrogens is 2. The molecule has 0 spiro atoms. The van der Waals surface area contributed by atoms with E-state index in [2.05, 4.69) is 102 Å². The van der Waals surface area contributed by atoms with Crippen LogP contribution >= 0.6 is 0 Å². The number of para-hydroxylation sites is 2. The molecule has 0 N–H and O–H groups in total. The van der Waals surface area contributed by atoms with E-state index in [1.54, 1.807) is 0 Å². The van der Waals surface area contributed by atoms with Crippen LogP contribution in [0.5, 0.6) is 0 Å². The van der Waals surface area contributed by atoms with Gasteiger partial charge in [0.25, 0.3) is 5.82 Å². The van der Waals surface area contributed by atoms with E-state index in [1.807, 2.05) is 26.2 Å². The van der Waals surface area contributed by atoms with Gasteiger partial charge in [0.2, 0.25) is 0 Å². The highest BCUT2D eigenvalue weighted by Gasteiger charge is 2.35. The first-order chi connectivity index (χ1) is 18.8. The van der Waals surface area contributed by atoms with Gasteiger partial charge in [0.05, 0.1) is 5.56 Å². The van der Waals surface area contributed by atoms with Crippen molar-refractivity contribution < 1.29 is 38.1 Å². The van der Waals surface area contributed by atoms with Gasteiger partial charge in [-0.15, -0.1) is 0 Å². The Bertz CT molecular complexity index is 1410. The predicted molar refractivity (Wildman–Crippen MR) is 159 cm³/mol. The van der Waals surface area contributed by atoms with Gasteiger partial charge in [-0.25, -0.2) is 13.9 Å². The lowest BCUT2D eigenvalue weighted by Gasteiger charge is -2.36. The van der Waals surface area contributed by atoms with Gasteiger partial charge in [0, 0.05) is 19.8 Å². The second-order valence-electron chi connectivity index (χ2n) is 11.8. The number of rotatable bonds is 8. The molecule has 40 heavy (non-hydrogen) atoms. The molecule has 1 aliphatic carbocycles. The topological polar surface area (TPSA) is 38.4 Å². The lowest BCUT2D eigenvalue weighted by atomic mass is 9.75. The van der Waals surface area contributed by atoms with E-state index in [1.165, 1.54) is 12.0 Å². The second-order valence-corrected chi connectivity index (χ2v) is 11.8. The first-order valence-electron chi connectivity index (χ1n) is 14.3. The fourth-order valence-electron chi connectivity index (χ4n) is 6.19. The van der Waals surface area contributed by atoms with E-state index in [-0.39, 0.29) is 42.6 Å². The van der Waals surface area contributed by atoms with Crippen molar-refractivity contribution in [1.29, 1.82) is 0 Å². The molecule has 1 aromatic heterocycles. The minimum atomic E-state index is -0.154. The molecule has 1 unspecified atom stereocenters. The van der Waals surface area contributed by atoms with Crippen molar-refractivity contribution in [3.8, 4) is 11.4 Å². The number of anilines is 1. The molecule has 0 amide bonds. The second kappa shape index (κ2) is 13.2. The zero-order valence-corrected chi connectivity index (χ0v) is 26.5. The highest BCUT2D eigenvalue weighted by Crippen LogP contribution is 2.35. The van der Waals surface area contributed by atoms with Crippen molar-refractivity contribution in [2.24, 2.45) is 17.8 Å². The Morgan fingerprint density at radius 2 is 1.65 bits per heavy atom. The van der Waals surface area contributed by atoms with Gasteiger partial charge in [0.15, 0.2) is 17.6 Å². The van der Waals surface area contributed by atoms with Gasteiger partial charge in [-0.1, -0.05) is 69.7 Å². The van der Waals surface area contributed by atoms with E-state index < -0.39 is 0 Å². The summed E-state index contributed by atoms with van der Waals surface area (Å²) in [6, 6.07) is 27.5. The monoisotopic (exact) mass is 651 g/mol. The summed E-state index contributed by atoms with van der Waals surface area (Å²) < 4.78 is 10.8. The van der Waals surface area contributed by atoms with Gasteiger partial charge in [-0.05, 0) is 72.6 Å². The normalized spacial score (nSPS) is 18.9. The van der Waals surface area contributed by atoms with Crippen LogP contribution in [0.2, 0.25) is 0 Å². The maximum absolute atomic E-state index is 13.6. The van der Waals surface area contributed by atoms with Crippen molar-refractivity contribution in [2.45, 2.75) is 59.2 Å². The number of imidazole rings is 1. The average molecular weight is 652 g/mol. The van der Waals surface area contributed by atoms with Crippen molar-refractivity contribution >= 4 is 22.7 Å². The number of hydrogen-bond donors (Lipinski definition) is 0. The van der Waals surface area contributed by atoms with Crippen LogP contribution in [0.25, 0.3) is 22.4 Å². The third kappa shape index (κ3) is 6.54. The molecule has 0 bridgehead atoms. The summed E-state index contributed by atoms with van der Waals surface area (Å²) in [7, 11) is 4.10. The molecule has 4 aromatic rings. The molecule has 1 heterocycles. The van der Waals surface area contributed by atoms with Crippen molar-refractivity contribution in [3.05, 3.63) is 84.4 Å². The molecular weight excluding hydrogens is 609 g/mol. The van der Waals surface area contributed by atoms with Gasteiger partial charge in [-0.2, -0.15) is 0 Å². The van der Waals surface area contributed by atoms with Crippen LogP contribution in [0.1, 0.15) is 45.6 Å². The number of esters is 1. The van der Waals surface area contributed by atoms with Crippen LogP contribution in [-0.2, 0) is 22.6 Å². The number of ether oxygens (including phenoxy) is 1. The summed E-state index contributed by atoms with van der Waals surface area (Å²) in [5.74, 6) is 2.37. The fraction of sp³-hybridized carbons (Fsp3) is 0.412. The SMILES string of the molecule is CC(C)[C@@H]1CC[C@@H](C)CC1OC(=O)Cn1c(-c2ccc(N(C)C)cc2)[n+](Cc2ccccc2)c2ccccc21.[I-]. The average Bonchev–Trinajstić information content (AvgIpc) is 3.21. The van der Waals surface area contributed by atoms with Crippen molar-refractivity contribution in [2.75, 3.05) is 19.0 Å². The number of benzene rings is 3. The Morgan fingerprint density at radius 1 is 0.975 bits per heavy atom. The van der Waals surface area contributed by atoms with E-state index in [9.17, 15) is 4.79 Å². The molecule has 3 aromatic carbocycles. The fourth-order valence-corrected chi connectivity index (χ4v) is 6.19. The largest absolute Gasteiger partial charge is 1.00 e. The molecule has 3 atom stereocenters. The van der Waals surface area contributed by atoms with Gasteiger partial charge in [-0.3, -0.25) is 0 Å². The maximum atomic E-state index is 13.6. The first-order valence-corrected chi connectivity index (χ1v) is 14.3. The van der Waals surface area contributed by atoms with Gasteiger partial charge >= 0.3 is 5.97 Å². The molecule has 6 heteroatoms. The molecule has 212 valence electrons. The number of fused-ring (bicyclic) bond motifs is 1. The summed E-state index contributed by atoms with van der Waals surface area (Å²) in [5.41, 5.74) is 5.57. The third-order valence-corrected chi connectivity index (χ3v) is 8.33. The van der Waals surface area contributed by atoms with Crippen molar-refractivity contribution in [1.82, 2.24) is 4.57 Å². The third-order valence-electron chi connectivity index (χ3n) is 8.33. The lowest BCUT2D eigenvalue weighted by molar-refractivity contribution is -0.651. The molecule has 5 nitrogen and oxygen atoms in total. The van der Waals surface area contributed by atoms with Crippen LogP contribution in [0.15, 0.2) is 78.9 Å². The maximum Gasteiger partial charge on any atom is 0.348 e. The molecule has 1 aliphatic rings. The zero-order valence-electron chi connectivity index (χ0n) is 24.4.